The Bertz CT molecular complexity index is 1600. The van der Waals surface area contributed by atoms with Crippen LogP contribution in [0.1, 0.15) is 39.6 Å². The smallest absolute Gasteiger partial charge is 0.337 e. The van der Waals surface area contributed by atoms with Gasteiger partial charge in [0.05, 0.1) is 41.4 Å². The number of nitrogens with zero attached hydrogens (tertiary/aromatic N) is 1. The van der Waals surface area contributed by atoms with E-state index in [2.05, 4.69) is 29.7 Å². The SMILES string of the molecule is CCCS(=O)(=O)Nc1ccc(F)c(C(=O)c2c[nH]c3[nH+]cnc(Nc4ccc(C(=O)OC)cc4)c23)c1F. The molecule has 0 aliphatic rings. The molecule has 2 heterocycles. The molecule has 0 saturated carbocycles. The number of aromatic amines is 2. The van der Waals surface area contributed by atoms with Gasteiger partial charge in [-0.1, -0.05) is 11.9 Å². The Morgan fingerprint density at radius 3 is 2.54 bits per heavy atom. The van der Waals surface area contributed by atoms with Crippen LogP contribution in [0.4, 0.5) is 26.0 Å². The van der Waals surface area contributed by atoms with Crippen LogP contribution in [0, 0.1) is 11.6 Å². The molecule has 2 aromatic heterocycles. The minimum Gasteiger partial charge on any atom is -0.465 e. The molecule has 192 valence electrons. The molecule has 0 amide bonds. The van der Waals surface area contributed by atoms with Crippen LogP contribution < -0.4 is 15.0 Å². The van der Waals surface area contributed by atoms with E-state index in [0.29, 0.717) is 16.9 Å². The topological polar surface area (TPSA) is 144 Å². The zero-order valence-electron chi connectivity index (χ0n) is 19.7. The van der Waals surface area contributed by atoms with E-state index in [1.807, 2.05) is 0 Å². The highest BCUT2D eigenvalue weighted by Gasteiger charge is 2.28. The Hall–Kier alpha value is -4.39. The van der Waals surface area contributed by atoms with Gasteiger partial charge in [-0.3, -0.25) is 14.5 Å². The summed E-state index contributed by atoms with van der Waals surface area (Å²) in [6, 6.07) is 7.98. The quantitative estimate of drug-likeness (QED) is 0.222. The molecule has 4 rings (SSSR count). The second-order valence-corrected chi connectivity index (χ2v) is 9.77. The van der Waals surface area contributed by atoms with Crippen LogP contribution in [0.25, 0.3) is 11.0 Å². The zero-order chi connectivity index (χ0) is 26.7. The number of ketones is 1. The molecule has 0 atom stereocenters. The third-order valence-corrected chi connectivity index (χ3v) is 6.87. The number of methoxy groups -OCH3 is 1. The molecule has 13 heteroatoms. The number of esters is 1. The summed E-state index contributed by atoms with van der Waals surface area (Å²) in [4.78, 5) is 34.9. The van der Waals surface area contributed by atoms with Crippen molar-refractivity contribution < 1.29 is 36.5 Å². The lowest BCUT2D eigenvalue weighted by atomic mass is 10.0. The fourth-order valence-electron chi connectivity index (χ4n) is 3.69. The average Bonchev–Trinajstić information content (AvgIpc) is 3.31. The zero-order valence-corrected chi connectivity index (χ0v) is 20.5. The fourth-order valence-corrected chi connectivity index (χ4v) is 4.82. The van der Waals surface area contributed by atoms with Crippen molar-refractivity contribution in [1.29, 1.82) is 0 Å². The van der Waals surface area contributed by atoms with Gasteiger partial charge in [0, 0.05) is 5.69 Å². The van der Waals surface area contributed by atoms with Crippen molar-refractivity contribution in [1.82, 2.24) is 9.97 Å². The monoisotopic (exact) mass is 530 g/mol. The Balaban J connectivity index is 1.74. The highest BCUT2D eigenvalue weighted by Crippen LogP contribution is 2.30. The summed E-state index contributed by atoms with van der Waals surface area (Å²) >= 11 is 0. The van der Waals surface area contributed by atoms with Crippen molar-refractivity contribution in [2.45, 2.75) is 13.3 Å². The normalized spacial score (nSPS) is 11.4. The Morgan fingerprint density at radius 1 is 1.14 bits per heavy atom. The standard InChI is InChI=1S/C24H21F2N5O5S/c1-3-10-37(34,35)31-17-9-8-16(25)19(20(17)26)21(32)15-11-27-22-18(15)23(29-12-28-22)30-14-6-4-13(5-7-14)24(33)36-2/h4-9,11-12,31H,3,10H2,1-2H3,(H2,27,28,29,30)/p+1. The van der Waals surface area contributed by atoms with E-state index >= 15 is 4.39 Å². The predicted molar refractivity (Wildman–Crippen MR) is 131 cm³/mol. The molecule has 0 radical (unpaired) electrons. The van der Waals surface area contributed by atoms with Crippen LogP contribution >= 0.6 is 0 Å². The molecular formula is C24H22F2N5O5S+. The van der Waals surface area contributed by atoms with Crippen molar-refractivity contribution in [3.63, 3.8) is 0 Å². The minimum absolute atomic E-state index is 0.112. The first-order chi connectivity index (χ1) is 17.6. The third kappa shape index (κ3) is 5.26. The van der Waals surface area contributed by atoms with Crippen LogP contribution in [-0.4, -0.2) is 43.0 Å². The van der Waals surface area contributed by atoms with Crippen LogP contribution in [0.5, 0.6) is 0 Å². The maximum Gasteiger partial charge on any atom is 0.337 e. The van der Waals surface area contributed by atoms with Gasteiger partial charge in [-0.15, -0.1) is 0 Å². The minimum atomic E-state index is -3.89. The van der Waals surface area contributed by atoms with Crippen molar-refractivity contribution >= 4 is 50.0 Å². The summed E-state index contributed by atoms with van der Waals surface area (Å²) in [7, 11) is -2.62. The Kier molecular flexibility index (Phi) is 7.16. The van der Waals surface area contributed by atoms with Gasteiger partial charge in [-0.05, 0) is 42.8 Å². The number of benzene rings is 2. The summed E-state index contributed by atoms with van der Waals surface area (Å²) in [6.07, 6.45) is 2.90. The number of sulfonamides is 1. The summed E-state index contributed by atoms with van der Waals surface area (Å²) in [5.41, 5.74) is -0.393. The number of H-pyrrole nitrogens is 2. The largest absolute Gasteiger partial charge is 0.465 e. The van der Waals surface area contributed by atoms with Gasteiger partial charge in [0.2, 0.25) is 33.6 Å². The first kappa shape index (κ1) is 25.7. The number of hydrogen-bond acceptors (Lipinski definition) is 7. The van der Waals surface area contributed by atoms with Crippen LogP contribution in [0.15, 0.2) is 48.9 Å². The van der Waals surface area contributed by atoms with Gasteiger partial charge in [0.15, 0.2) is 5.82 Å². The molecule has 0 spiro atoms. The highest BCUT2D eigenvalue weighted by atomic mass is 32.2. The average molecular weight is 531 g/mol. The second-order valence-electron chi connectivity index (χ2n) is 7.93. The molecule has 0 aliphatic heterocycles. The first-order valence-corrected chi connectivity index (χ1v) is 12.7. The van der Waals surface area contributed by atoms with Gasteiger partial charge in [-0.25, -0.2) is 27.0 Å². The molecule has 4 N–H and O–H groups in total. The van der Waals surface area contributed by atoms with Crippen LogP contribution in [0.3, 0.4) is 0 Å². The van der Waals surface area contributed by atoms with Crippen molar-refractivity contribution in [3.8, 4) is 0 Å². The number of nitrogens with one attached hydrogen (secondary N) is 4. The Labute approximate surface area is 210 Å². The lowest BCUT2D eigenvalue weighted by Crippen LogP contribution is -2.18. The molecule has 2 aromatic carbocycles. The number of halogens is 2. The van der Waals surface area contributed by atoms with Crippen molar-refractivity contribution in [3.05, 3.63) is 77.2 Å². The summed E-state index contributed by atoms with van der Waals surface area (Å²) < 4.78 is 60.9. The van der Waals surface area contributed by atoms with Gasteiger partial charge < -0.3 is 10.1 Å². The number of carbonyl (C=O) groups excluding carboxylic acids is 2. The molecule has 0 bridgehead atoms. The van der Waals surface area contributed by atoms with E-state index in [9.17, 15) is 22.4 Å². The number of rotatable bonds is 9. The van der Waals surface area contributed by atoms with E-state index in [1.165, 1.54) is 31.8 Å². The van der Waals surface area contributed by atoms with Gasteiger partial charge in [0.25, 0.3) is 0 Å². The van der Waals surface area contributed by atoms with Gasteiger partial charge in [0.1, 0.15) is 11.2 Å². The van der Waals surface area contributed by atoms with E-state index in [1.54, 1.807) is 19.1 Å². The lowest BCUT2D eigenvalue weighted by Gasteiger charge is -2.11. The van der Waals surface area contributed by atoms with Crippen LogP contribution in [0.2, 0.25) is 0 Å². The molecule has 4 aromatic rings. The number of ether oxygens (including phenoxy) is 1. The van der Waals surface area contributed by atoms with Crippen molar-refractivity contribution in [2.24, 2.45) is 0 Å². The first-order valence-electron chi connectivity index (χ1n) is 11.0. The molecule has 10 nitrogen and oxygen atoms in total. The third-order valence-electron chi connectivity index (χ3n) is 5.39. The fraction of sp³-hybridized carbons (Fsp3) is 0.167. The number of anilines is 3. The number of hydrogen-bond donors (Lipinski definition) is 3. The number of carbonyl (C=O) groups is 2. The van der Waals surface area contributed by atoms with Crippen molar-refractivity contribution in [2.75, 3.05) is 22.9 Å². The van der Waals surface area contributed by atoms with E-state index < -0.39 is 44.7 Å². The highest BCUT2D eigenvalue weighted by molar-refractivity contribution is 7.92. The number of fused-ring (bicyclic) bond motifs is 1. The van der Waals surface area contributed by atoms with E-state index in [0.717, 1.165) is 12.1 Å². The van der Waals surface area contributed by atoms with Gasteiger partial charge >= 0.3 is 5.97 Å². The van der Waals surface area contributed by atoms with E-state index in [4.69, 9.17) is 0 Å². The Morgan fingerprint density at radius 2 is 1.86 bits per heavy atom. The molecule has 0 saturated heterocycles. The molecule has 0 fully saturated rings. The molecule has 0 aliphatic carbocycles. The summed E-state index contributed by atoms with van der Waals surface area (Å²) in [5.74, 6) is -4.11. The summed E-state index contributed by atoms with van der Waals surface area (Å²) in [6.45, 7) is 1.64. The molecular weight excluding hydrogens is 508 g/mol. The van der Waals surface area contributed by atoms with Gasteiger partial charge in [-0.2, -0.15) is 0 Å². The second kappa shape index (κ2) is 10.3. The molecule has 37 heavy (non-hydrogen) atoms. The molecule has 0 unspecified atom stereocenters. The lowest BCUT2D eigenvalue weighted by molar-refractivity contribution is -0.352. The summed E-state index contributed by atoms with van der Waals surface area (Å²) in [5, 5.41) is 3.22. The van der Waals surface area contributed by atoms with Crippen LogP contribution in [-0.2, 0) is 14.8 Å². The maximum atomic E-state index is 15.3. The van der Waals surface area contributed by atoms with E-state index in [-0.39, 0.29) is 28.9 Å². The maximum absolute atomic E-state index is 15.3. The number of aromatic nitrogens is 3. The predicted octanol–water partition coefficient (Wildman–Crippen LogP) is 3.57.